The Kier molecular flexibility index (Phi) is 5.83. The molecule has 0 aliphatic carbocycles. The summed E-state index contributed by atoms with van der Waals surface area (Å²) in [6.07, 6.45) is 2.99. The van der Waals surface area contributed by atoms with Crippen LogP contribution in [0.5, 0.6) is 0 Å². The van der Waals surface area contributed by atoms with E-state index in [1.54, 1.807) is 0 Å². The summed E-state index contributed by atoms with van der Waals surface area (Å²) in [5.74, 6) is 0. The molecule has 1 atom stereocenters. The van der Waals surface area contributed by atoms with Gasteiger partial charge in [0, 0.05) is 13.1 Å². The Hall–Kier alpha value is -1.55. The molecule has 1 aliphatic rings. The number of hydrogen-bond acceptors (Lipinski definition) is 2. The minimum Gasteiger partial charge on any atom is -0.374 e. The fourth-order valence-electron chi connectivity index (χ4n) is 2.74. The number of rotatable bonds is 5. The van der Waals surface area contributed by atoms with Gasteiger partial charge in [-0.05, 0) is 38.7 Å². The summed E-state index contributed by atoms with van der Waals surface area (Å²) in [5.41, 5.74) is 1.07. The van der Waals surface area contributed by atoms with E-state index in [0.717, 1.165) is 25.8 Å². The van der Waals surface area contributed by atoms with E-state index in [-0.39, 0.29) is 17.7 Å². The van der Waals surface area contributed by atoms with Gasteiger partial charge in [-0.2, -0.15) is 0 Å². The average Bonchev–Trinajstić information content (AvgIpc) is 2.52. The Morgan fingerprint density at radius 3 is 2.77 bits per heavy atom. The Morgan fingerprint density at radius 1 is 1.36 bits per heavy atom. The lowest BCUT2D eigenvalue weighted by molar-refractivity contribution is -0.0807. The monoisotopic (exact) mass is 304 g/mol. The molecule has 0 saturated carbocycles. The first-order chi connectivity index (χ1) is 10.5. The van der Waals surface area contributed by atoms with Crippen LogP contribution in [-0.4, -0.2) is 42.3 Å². The van der Waals surface area contributed by atoms with Gasteiger partial charge in [0.05, 0.1) is 18.2 Å². The third-order valence-electron chi connectivity index (χ3n) is 4.16. The van der Waals surface area contributed by atoms with Crippen LogP contribution in [0.3, 0.4) is 0 Å². The molecule has 1 aromatic rings. The van der Waals surface area contributed by atoms with Crippen LogP contribution in [0, 0.1) is 0 Å². The number of hydrogen-bond donors (Lipinski definition) is 1. The second kappa shape index (κ2) is 7.63. The Balaban J connectivity index is 1.91. The van der Waals surface area contributed by atoms with Crippen LogP contribution in [0.25, 0.3) is 0 Å². The number of carbonyl (C=O) groups excluding carboxylic acids is 1. The molecular formula is C18H28N2O2. The van der Waals surface area contributed by atoms with Gasteiger partial charge >= 0.3 is 6.03 Å². The average molecular weight is 304 g/mol. The molecule has 4 nitrogen and oxygen atoms in total. The van der Waals surface area contributed by atoms with Crippen molar-refractivity contribution in [3.63, 3.8) is 0 Å². The molecule has 0 aromatic heterocycles. The first kappa shape index (κ1) is 16.8. The number of nitrogens with one attached hydrogen (secondary N) is 1. The highest BCUT2D eigenvalue weighted by Crippen LogP contribution is 2.24. The van der Waals surface area contributed by atoms with Gasteiger partial charge in [-0.25, -0.2) is 4.79 Å². The van der Waals surface area contributed by atoms with Gasteiger partial charge < -0.3 is 15.0 Å². The molecule has 1 aromatic carbocycles. The number of amides is 2. The molecule has 1 saturated heterocycles. The molecule has 4 heteroatoms. The van der Waals surface area contributed by atoms with Gasteiger partial charge in [0.25, 0.3) is 0 Å². The van der Waals surface area contributed by atoms with Crippen molar-refractivity contribution in [3.05, 3.63) is 35.9 Å². The summed E-state index contributed by atoms with van der Waals surface area (Å²) >= 11 is 0. The van der Waals surface area contributed by atoms with Crippen molar-refractivity contribution in [1.29, 1.82) is 0 Å². The van der Waals surface area contributed by atoms with Gasteiger partial charge in [-0.15, -0.1) is 0 Å². The predicted octanol–water partition coefficient (Wildman–Crippen LogP) is 3.22. The lowest BCUT2D eigenvalue weighted by Crippen LogP contribution is -2.60. The van der Waals surface area contributed by atoms with E-state index in [0.29, 0.717) is 13.2 Å². The third kappa shape index (κ3) is 4.47. The minimum atomic E-state index is -0.249. The van der Waals surface area contributed by atoms with Crippen molar-refractivity contribution < 1.29 is 9.53 Å². The number of benzene rings is 1. The third-order valence-corrected chi connectivity index (χ3v) is 4.16. The fraction of sp³-hybridized carbons (Fsp3) is 0.611. The van der Waals surface area contributed by atoms with Crippen LogP contribution in [0.15, 0.2) is 30.3 Å². The molecule has 122 valence electrons. The van der Waals surface area contributed by atoms with E-state index >= 15 is 0 Å². The zero-order valence-corrected chi connectivity index (χ0v) is 14.0. The van der Waals surface area contributed by atoms with Gasteiger partial charge in [-0.1, -0.05) is 37.3 Å². The predicted molar refractivity (Wildman–Crippen MR) is 89.0 cm³/mol. The maximum Gasteiger partial charge on any atom is 0.318 e. The minimum absolute atomic E-state index is 0.0276. The van der Waals surface area contributed by atoms with E-state index in [1.165, 1.54) is 5.56 Å². The summed E-state index contributed by atoms with van der Waals surface area (Å²) < 4.78 is 5.98. The van der Waals surface area contributed by atoms with Gasteiger partial charge in [0.1, 0.15) is 0 Å². The highest BCUT2D eigenvalue weighted by Gasteiger charge is 2.37. The molecule has 0 spiro atoms. The lowest BCUT2D eigenvalue weighted by atomic mass is 9.99. The van der Waals surface area contributed by atoms with Crippen LogP contribution in [0.2, 0.25) is 0 Å². The molecule has 22 heavy (non-hydrogen) atoms. The number of aryl methyl sites for hydroxylation is 1. The van der Waals surface area contributed by atoms with Crippen LogP contribution in [0.1, 0.15) is 39.2 Å². The standard InChI is InChI=1S/C18H28N2O2/c1-4-12-19-17(21)20-13-16(22-14-18(20,2)3)11-10-15-8-6-5-7-9-15/h5-9,16H,4,10-14H2,1-3H3,(H,19,21). The van der Waals surface area contributed by atoms with Crippen molar-refractivity contribution in [3.8, 4) is 0 Å². The van der Waals surface area contributed by atoms with Crippen LogP contribution in [0.4, 0.5) is 4.79 Å². The van der Waals surface area contributed by atoms with Crippen molar-refractivity contribution in [2.75, 3.05) is 19.7 Å². The highest BCUT2D eigenvalue weighted by molar-refractivity contribution is 5.75. The quantitative estimate of drug-likeness (QED) is 0.907. The van der Waals surface area contributed by atoms with Crippen molar-refractivity contribution >= 4 is 6.03 Å². The molecule has 1 unspecified atom stereocenters. The van der Waals surface area contributed by atoms with Gasteiger partial charge in [0.2, 0.25) is 0 Å². The lowest BCUT2D eigenvalue weighted by Gasteiger charge is -2.45. The van der Waals surface area contributed by atoms with E-state index in [2.05, 4.69) is 50.4 Å². The number of ether oxygens (including phenoxy) is 1. The summed E-state index contributed by atoms with van der Waals surface area (Å²) in [4.78, 5) is 14.3. The molecular weight excluding hydrogens is 276 g/mol. The largest absolute Gasteiger partial charge is 0.374 e. The van der Waals surface area contributed by atoms with Crippen molar-refractivity contribution in [2.45, 2.75) is 51.7 Å². The molecule has 1 N–H and O–H groups in total. The van der Waals surface area contributed by atoms with Crippen LogP contribution < -0.4 is 5.32 Å². The number of urea groups is 1. The normalized spacial score (nSPS) is 20.7. The molecule has 0 radical (unpaired) electrons. The summed E-state index contributed by atoms with van der Waals surface area (Å²) in [6, 6.07) is 10.5. The van der Waals surface area contributed by atoms with Crippen LogP contribution >= 0.6 is 0 Å². The molecule has 2 amide bonds. The Labute approximate surface area is 133 Å². The second-order valence-electron chi connectivity index (χ2n) is 6.61. The van der Waals surface area contributed by atoms with Gasteiger partial charge in [0.15, 0.2) is 0 Å². The van der Waals surface area contributed by atoms with Crippen molar-refractivity contribution in [1.82, 2.24) is 10.2 Å². The smallest absolute Gasteiger partial charge is 0.318 e. The Bertz CT molecular complexity index is 473. The molecule has 2 rings (SSSR count). The first-order valence-electron chi connectivity index (χ1n) is 8.24. The number of morpholine rings is 1. The maximum atomic E-state index is 12.4. The second-order valence-corrected chi connectivity index (χ2v) is 6.61. The number of carbonyl (C=O) groups is 1. The SMILES string of the molecule is CCCNC(=O)N1CC(CCc2ccccc2)OCC1(C)C. The maximum absolute atomic E-state index is 12.4. The topological polar surface area (TPSA) is 41.6 Å². The fourth-order valence-corrected chi connectivity index (χ4v) is 2.74. The molecule has 1 aliphatic heterocycles. The first-order valence-corrected chi connectivity index (χ1v) is 8.24. The zero-order valence-electron chi connectivity index (χ0n) is 14.0. The molecule has 0 bridgehead atoms. The number of nitrogens with zero attached hydrogens (tertiary/aromatic N) is 1. The Morgan fingerprint density at radius 2 is 2.09 bits per heavy atom. The van der Waals surface area contributed by atoms with E-state index in [9.17, 15) is 4.79 Å². The van der Waals surface area contributed by atoms with Crippen molar-refractivity contribution in [2.24, 2.45) is 0 Å². The summed E-state index contributed by atoms with van der Waals surface area (Å²) in [7, 11) is 0. The molecule has 1 fully saturated rings. The van der Waals surface area contributed by atoms with Crippen LogP contribution in [-0.2, 0) is 11.2 Å². The molecule has 1 heterocycles. The summed E-state index contributed by atoms with van der Waals surface area (Å²) in [6.45, 7) is 8.16. The van der Waals surface area contributed by atoms with E-state index in [1.807, 2.05) is 11.0 Å². The van der Waals surface area contributed by atoms with Gasteiger partial charge in [-0.3, -0.25) is 0 Å². The summed E-state index contributed by atoms with van der Waals surface area (Å²) in [5, 5.41) is 2.98. The zero-order chi connectivity index (χ0) is 16.0. The van der Waals surface area contributed by atoms with E-state index < -0.39 is 0 Å². The highest BCUT2D eigenvalue weighted by atomic mass is 16.5. The van der Waals surface area contributed by atoms with E-state index in [4.69, 9.17) is 4.74 Å².